The minimum atomic E-state index is -0.561. The van der Waals surface area contributed by atoms with Crippen LogP contribution in [0, 0.1) is 0 Å². The third kappa shape index (κ3) is 6.08. The van der Waals surface area contributed by atoms with Crippen LogP contribution < -0.4 is 5.32 Å². The van der Waals surface area contributed by atoms with Gasteiger partial charge in [-0.1, -0.05) is 42.5 Å². The Labute approximate surface area is 183 Å². The third-order valence-electron chi connectivity index (χ3n) is 4.57. The van der Waals surface area contributed by atoms with Crippen molar-refractivity contribution in [2.45, 2.75) is 12.0 Å². The van der Waals surface area contributed by atoms with Crippen LogP contribution in [0.3, 0.4) is 0 Å². The Balaban J connectivity index is 1.51. The summed E-state index contributed by atoms with van der Waals surface area (Å²) in [6.07, 6.45) is 0. The number of rotatable bonds is 8. The minimum absolute atomic E-state index is 0.125. The monoisotopic (exact) mass is 442 g/mol. The Kier molecular flexibility index (Phi) is 7.66. The van der Waals surface area contributed by atoms with Gasteiger partial charge in [-0.2, -0.15) is 0 Å². The maximum atomic E-state index is 12.3. The largest absolute Gasteiger partial charge is 0.465 e. The molecule has 0 spiro atoms. The molecule has 31 heavy (non-hydrogen) atoms. The van der Waals surface area contributed by atoms with E-state index < -0.39 is 17.8 Å². The van der Waals surface area contributed by atoms with E-state index in [2.05, 4.69) is 10.1 Å². The van der Waals surface area contributed by atoms with Crippen molar-refractivity contribution in [3.8, 4) is 0 Å². The van der Waals surface area contributed by atoms with Crippen LogP contribution >= 0.6 is 11.8 Å². The number of nitrogens with one attached hydrogen (secondary N) is 1. The minimum Gasteiger partial charge on any atom is -0.465 e. The lowest BCUT2D eigenvalue weighted by molar-refractivity contribution is -0.145. The summed E-state index contributed by atoms with van der Waals surface area (Å²) >= 11 is 1.39. The number of hydrogen-bond donors (Lipinski definition) is 1. The number of methoxy groups -OCH3 is 1. The van der Waals surface area contributed by atoms with Crippen LogP contribution in [0.25, 0.3) is 0 Å². The van der Waals surface area contributed by atoms with Crippen molar-refractivity contribution in [3.05, 3.63) is 71.3 Å². The van der Waals surface area contributed by atoms with Gasteiger partial charge in [0.2, 0.25) is 11.8 Å². The highest BCUT2D eigenvalue weighted by atomic mass is 32.2. The fraction of sp³-hybridized carbons (Fsp3) is 0.273. The van der Waals surface area contributed by atoms with Crippen LogP contribution in [0.4, 0.5) is 0 Å². The van der Waals surface area contributed by atoms with Crippen molar-refractivity contribution >= 4 is 35.5 Å². The predicted molar refractivity (Wildman–Crippen MR) is 114 cm³/mol. The molecule has 3 rings (SSSR count). The van der Waals surface area contributed by atoms with E-state index in [1.54, 1.807) is 24.3 Å². The van der Waals surface area contributed by atoms with E-state index in [0.717, 1.165) is 11.1 Å². The summed E-state index contributed by atoms with van der Waals surface area (Å²) in [7, 11) is 1.31. The van der Waals surface area contributed by atoms with Crippen molar-refractivity contribution in [3.63, 3.8) is 0 Å². The first kappa shape index (κ1) is 22.4. The molecule has 9 heteroatoms. The van der Waals surface area contributed by atoms with E-state index in [1.165, 1.54) is 23.8 Å². The van der Waals surface area contributed by atoms with E-state index in [4.69, 9.17) is 4.74 Å². The van der Waals surface area contributed by atoms with Gasteiger partial charge in [-0.05, 0) is 23.3 Å². The zero-order chi connectivity index (χ0) is 22.2. The molecular weight excluding hydrogens is 420 g/mol. The smallest absolute Gasteiger partial charge is 0.337 e. The second-order valence-corrected chi connectivity index (χ2v) is 7.79. The van der Waals surface area contributed by atoms with Gasteiger partial charge in [0.05, 0.1) is 18.4 Å². The van der Waals surface area contributed by atoms with Crippen LogP contribution in [0.15, 0.2) is 54.6 Å². The first-order valence-electron chi connectivity index (χ1n) is 9.53. The summed E-state index contributed by atoms with van der Waals surface area (Å²) in [6.45, 7) is -0.332. The Morgan fingerprint density at radius 2 is 1.81 bits per heavy atom. The molecule has 2 aromatic carbocycles. The standard InChI is InChI=1S/C22H22N2O6S/c1-29-22(28)17-9-7-16(8-10-17)21-24(19(26)14-31-21)12-18(25)23-11-20(27)30-13-15-5-3-2-4-6-15/h2-10,21H,11-14H2,1H3,(H,23,25). The van der Waals surface area contributed by atoms with Gasteiger partial charge in [0.15, 0.2) is 0 Å². The third-order valence-corrected chi connectivity index (χ3v) is 5.83. The molecule has 1 N–H and O–H groups in total. The molecule has 0 aromatic heterocycles. The summed E-state index contributed by atoms with van der Waals surface area (Å²) in [6, 6.07) is 15.9. The number of nitrogens with zero attached hydrogens (tertiary/aromatic N) is 1. The van der Waals surface area contributed by atoms with Gasteiger partial charge in [-0.15, -0.1) is 11.8 Å². The Hall–Kier alpha value is -3.33. The molecule has 1 aliphatic heterocycles. The number of esters is 2. The van der Waals surface area contributed by atoms with Gasteiger partial charge in [0, 0.05) is 0 Å². The van der Waals surface area contributed by atoms with Crippen molar-refractivity contribution in [1.82, 2.24) is 10.2 Å². The van der Waals surface area contributed by atoms with E-state index in [1.807, 2.05) is 30.3 Å². The zero-order valence-electron chi connectivity index (χ0n) is 16.9. The number of carbonyl (C=O) groups excluding carboxylic acids is 4. The summed E-state index contributed by atoms with van der Waals surface area (Å²) in [4.78, 5) is 49.5. The molecule has 8 nitrogen and oxygen atoms in total. The fourth-order valence-electron chi connectivity index (χ4n) is 2.97. The number of benzene rings is 2. The maximum Gasteiger partial charge on any atom is 0.337 e. The van der Waals surface area contributed by atoms with E-state index in [0.29, 0.717) is 5.56 Å². The number of thioether (sulfide) groups is 1. The molecule has 1 atom stereocenters. The number of ether oxygens (including phenoxy) is 2. The highest BCUT2D eigenvalue weighted by Crippen LogP contribution is 2.38. The van der Waals surface area contributed by atoms with E-state index in [-0.39, 0.29) is 36.7 Å². The molecule has 1 unspecified atom stereocenters. The first-order valence-corrected chi connectivity index (χ1v) is 10.6. The Morgan fingerprint density at radius 1 is 1.10 bits per heavy atom. The number of amides is 2. The maximum absolute atomic E-state index is 12.3. The highest BCUT2D eigenvalue weighted by molar-refractivity contribution is 8.00. The van der Waals surface area contributed by atoms with Crippen LogP contribution in [-0.4, -0.2) is 54.6 Å². The van der Waals surface area contributed by atoms with E-state index in [9.17, 15) is 19.2 Å². The highest BCUT2D eigenvalue weighted by Gasteiger charge is 2.34. The molecule has 0 radical (unpaired) electrons. The summed E-state index contributed by atoms with van der Waals surface area (Å²) < 4.78 is 9.81. The van der Waals surface area contributed by atoms with Crippen LogP contribution in [0.5, 0.6) is 0 Å². The first-order chi connectivity index (χ1) is 15.0. The number of hydrogen-bond acceptors (Lipinski definition) is 7. The van der Waals surface area contributed by atoms with Crippen molar-refractivity contribution in [1.29, 1.82) is 0 Å². The van der Waals surface area contributed by atoms with Crippen LogP contribution in [0.2, 0.25) is 0 Å². The molecule has 1 aliphatic rings. The fourth-order valence-corrected chi connectivity index (χ4v) is 4.16. The second-order valence-electron chi connectivity index (χ2n) is 6.72. The zero-order valence-corrected chi connectivity index (χ0v) is 17.7. The van der Waals surface area contributed by atoms with Gasteiger partial charge in [-0.3, -0.25) is 14.4 Å². The van der Waals surface area contributed by atoms with E-state index >= 15 is 0 Å². The van der Waals surface area contributed by atoms with Crippen molar-refractivity contribution < 1.29 is 28.7 Å². The van der Waals surface area contributed by atoms with Gasteiger partial charge in [-0.25, -0.2) is 4.79 Å². The Bertz CT molecular complexity index is 948. The number of carbonyl (C=O) groups is 4. The molecule has 2 amide bonds. The second kappa shape index (κ2) is 10.6. The van der Waals surface area contributed by atoms with Gasteiger partial charge in [0.1, 0.15) is 25.1 Å². The average molecular weight is 442 g/mol. The molecular formula is C22H22N2O6S. The van der Waals surface area contributed by atoms with Gasteiger partial charge >= 0.3 is 11.9 Å². The van der Waals surface area contributed by atoms with Crippen LogP contribution in [-0.2, 0) is 30.5 Å². The molecule has 1 fully saturated rings. The quantitative estimate of drug-likeness (QED) is 0.623. The van der Waals surface area contributed by atoms with Crippen molar-refractivity contribution in [2.24, 2.45) is 0 Å². The summed E-state index contributed by atoms with van der Waals surface area (Å²) in [5, 5.41) is 2.14. The lowest BCUT2D eigenvalue weighted by Gasteiger charge is -2.23. The average Bonchev–Trinajstić information content (AvgIpc) is 3.16. The van der Waals surface area contributed by atoms with Gasteiger partial charge in [0.25, 0.3) is 0 Å². The van der Waals surface area contributed by atoms with Crippen molar-refractivity contribution in [2.75, 3.05) is 26.0 Å². The normalized spacial score (nSPS) is 15.5. The van der Waals surface area contributed by atoms with Gasteiger partial charge < -0.3 is 19.7 Å². The SMILES string of the molecule is COC(=O)c1ccc(C2SCC(=O)N2CC(=O)NCC(=O)OCc2ccccc2)cc1. The molecule has 0 saturated carbocycles. The lowest BCUT2D eigenvalue weighted by Crippen LogP contribution is -2.41. The Morgan fingerprint density at radius 3 is 2.48 bits per heavy atom. The molecule has 162 valence electrons. The molecule has 1 heterocycles. The van der Waals surface area contributed by atoms with Crippen LogP contribution in [0.1, 0.15) is 26.9 Å². The predicted octanol–water partition coefficient (Wildman–Crippen LogP) is 1.91. The molecule has 0 aliphatic carbocycles. The molecule has 0 bridgehead atoms. The summed E-state index contributed by atoms with van der Waals surface area (Å²) in [5.41, 5.74) is 2.04. The topological polar surface area (TPSA) is 102 Å². The molecule has 2 aromatic rings. The molecule has 1 saturated heterocycles. The lowest BCUT2D eigenvalue weighted by atomic mass is 10.1. The summed E-state index contributed by atoms with van der Waals surface area (Å²) in [5.74, 6) is -1.39.